The van der Waals surface area contributed by atoms with Gasteiger partial charge in [0.1, 0.15) is 5.75 Å². The van der Waals surface area contributed by atoms with Crippen LogP contribution in [-0.4, -0.2) is 32.4 Å². The maximum absolute atomic E-state index is 11.8. The van der Waals surface area contributed by atoms with Gasteiger partial charge in [0.25, 0.3) is 0 Å². The van der Waals surface area contributed by atoms with Gasteiger partial charge >= 0.3 is 5.97 Å². The largest absolute Gasteiger partial charge is 0.497 e. The Bertz CT molecular complexity index is 777. The van der Waals surface area contributed by atoms with Crippen molar-refractivity contribution in [2.24, 2.45) is 0 Å². The van der Waals surface area contributed by atoms with Gasteiger partial charge in [-0.3, -0.25) is 0 Å². The van der Waals surface area contributed by atoms with Gasteiger partial charge in [-0.25, -0.2) is 4.79 Å². The summed E-state index contributed by atoms with van der Waals surface area (Å²) in [5.74, 6) is 0.695. The van der Waals surface area contributed by atoms with Crippen LogP contribution in [0.5, 0.6) is 17.2 Å². The van der Waals surface area contributed by atoms with Crippen LogP contribution in [0.15, 0.2) is 36.4 Å². The molecule has 0 aromatic heterocycles. The van der Waals surface area contributed by atoms with Crippen LogP contribution in [0.2, 0.25) is 0 Å². The lowest BCUT2D eigenvalue weighted by Gasteiger charge is -2.12. The van der Waals surface area contributed by atoms with E-state index >= 15 is 0 Å². The summed E-state index contributed by atoms with van der Waals surface area (Å²) in [5.41, 5.74) is 2.23. The Kier molecular flexibility index (Phi) is 5.47. The van der Waals surface area contributed by atoms with Crippen molar-refractivity contribution in [2.75, 3.05) is 21.3 Å². The van der Waals surface area contributed by atoms with E-state index in [0.29, 0.717) is 28.4 Å². The third kappa shape index (κ3) is 3.51. The van der Waals surface area contributed by atoms with Crippen LogP contribution >= 0.6 is 0 Å². The molecule has 2 aromatic rings. The highest BCUT2D eigenvalue weighted by Crippen LogP contribution is 2.34. The predicted molar refractivity (Wildman–Crippen MR) is 92.8 cm³/mol. The first-order chi connectivity index (χ1) is 11.5. The minimum absolute atomic E-state index is 0.168. The fraction of sp³-hybridized carbons (Fsp3) is 0.211. The van der Waals surface area contributed by atoms with Crippen LogP contribution in [-0.2, 0) is 4.79 Å². The summed E-state index contributed by atoms with van der Waals surface area (Å²) in [6.07, 6.45) is 1.58. The van der Waals surface area contributed by atoms with Gasteiger partial charge < -0.3 is 19.3 Å². The maximum Gasteiger partial charge on any atom is 0.336 e. The number of aryl methyl sites for hydroxylation is 1. The highest BCUT2D eigenvalue weighted by Gasteiger charge is 2.16. The first kappa shape index (κ1) is 17.4. The zero-order valence-corrected chi connectivity index (χ0v) is 14.1. The molecule has 0 radical (unpaired) electrons. The molecule has 2 rings (SSSR count). The quantitative estimate of drug-likeness (QED) is 0.648. The number of rotatable bonds is 6. The van der Waals surface area contributed by atoms with Crippen LogP contribution in [0.25, 0.3) is 11.6 Å². The van der Waals surface area contributed by atoms with E-state index in [4.69, 9.17) is 14.2 Å². The van der Waals surface area contributed by atoms with E-state index in [-0.39, 0.29) is 5.57 Å². The summed E-state index contributed by atoms with van der Waals surface area (Å²) >= 11 is 0. The van der Waals surface area contributed by atoms with Crippen LogP contribution < -0.4 is 14.2 Å². The van der Waals surface area contributed by atoms with Gasteiger partial charge in [0.2, 0.25) is 0 Å². The highest BCUT2D eigenvalue weighted by atomic mass is 16.5. The minimum atomic E-state index is -1.02. The molecule has 24 heavy (non-hydrogen) atoms. The number of carboxylic acid groups (broad SMARTS) is 1. The molecule has 0 atom stereocenters. The number of benzene rings is 2. The van der Waals surface area contributed by atoms with E-state index in [1.807, 2.05) is 6.92 Å². The van der Waals surface area contributed by atoms with Crippen molar-refractivity contribution in [2.45, 2.75) is 6.92 Å². The Morgan fingerprint density at radius 2 is 1.79 bits per heavy atom. The summed E-state index contributed by atoms with van der Waals surface area (Å²) in [4.78, 5) is 11.8. The highest BCUT2D eigenvalue weighted by molar-refractivity contribution is 6.21. The molecule has 0 bridgehead atoms. The second-order valence-electron chi connectivity index (χ2n) is 5.13. The molecule has 0 aliphatic carbocycles. The van der Waals surface area contributed by atoms with E-state index in [0.717, 1.165) is 5.56 Å². The lowest BCUT2D eigenvalue weighted by atomic mass is 9.98. The molecule has 0 unspecified atom stereocenters. The van der Waals surface area contributed by atoms with E-state index in [1.165, 1.54) is 14.2 Å². The number of methoxy groups -OCH3 is 3. The fourth-order valence-corrected chi connectivity index (χ4v) is 2.50. The summed E-state index contributed by atoms with van der Waals surface area (Å²) in [6, 6.07) is 10.6. The van der Waals surface area contributed by atoms with E-state index in [2.05, 4.69) is 0 Å². The molecule has 2 aromatic carbocycles. The number of hydrogen-bond donors (Lipinski definition) is 1. The average molecular weight is 328 g/mol. The van der Waals surface area contributed by atoms with Crippen LogP contribution in [0.1, 0.15) is 16.7 Å². The second-order valence-corrected chi connectivity index (χ2v) is 5.13. The second kappa shape index (κ2) is 7.55. The maximum atomic E-state index is 11.8. The molecule has 0 amide bonds. The standard InChI is InChI=1S/C19H20O5/c1-12-10-14(22-2)8-9-15(12)16(19(20)21)11-13-6-5-7-17(23-3)18(13)24-4/h5-11H,1-4H3,(H,20,21)/b16-11-. The SMILES string of the molecule is COc1ccc(/C(=C/c2cccc(OC)c2OC)C(=O)O)c(C)c1. The number of carbonyl (C=O) groups is 1. The lowest BCUT2D eigenvalue weighted by molar-refractivity contribution is -0.130. The van der Waals surface area contributed by atoms with Gasteiger partial charge in [0, 0.05) is 5.56 Å². The van der Waals surface area contributed by atoms with Gasteiger partial charge in [0.15, 0.2) is 11.5 Å². The zero-order valence-electron chi connectivity index (χ0n) is 14.1. The van der Waals surface area contributed by atoms with Gasteiger partial charge in [-0.1, -0.05) is 18.2 Å². The summed E-state index contributed by atoms with van der Waals surface area (Å²) in [5, 5.41) is 9.66. The molecule has 0 aliphatic rings. The van der Waals surface area contributed by atoms with Crippen molar-refractivity contribution in [1.82, 2.24) is 0 Å². The van der Waals surface area contributed by atoms with Gasteiger partial charge in [-0.2, -0.15) is 0 Å². The topological polar surface area (TPSA) is 65.0 Å². The zero-order chi connectivity index (χ0) is 17.7. The molecule has 126 valence electrons. The molecule has 0 aliphatic heterocycles. The molecule has 0 saturated heterocycles. The Balaban J connectivity index is 2.61. The van der Waals surface area contributed by atoms with Crippen molar-refractivity contribution in [3.05, 3.63) is 53.1 Å². The van der Waals surface area contributed by atoms with Crippen LogP contribution in [0.4, 0.5) is 0 Å². The van der Waals surface area contributed by atoms with Crippen molar-refractivity contribution < 1.29 is 24.1 Å². The van der Waals surface area contributed by atoms with Crippen molar-refractivity contribution >= 4 is 17.6 Å². The van der Waals surface area contributed by atoms with Crippen LogP contribution in [0, 0.1) is 6.92 Å². The Morgan fingerprint density at radius 3 is 2.33 bits per heavy atom. The van der Waals surface area contributed by atoms with Crippen molar-refractivity contribution in [3.63, 3.8) is 0 Å². The minimum Gasteiger partial charge on any atom is -0.497 e. The number of hydrogen-bond acceptors (Lipinski definition) is 4. The summed E-state index contributed by atoms with van der Waals surface area (Å²) in [6.45, 7) is 1.84. The van der Waals surface area contributed by atoms with Crippen LogP contribution in [0.3, 0.4) is 0 Å². The molecular formula is C19H20O5. The van der Waals surface area contributed by atoms with E-state index < -0.39 is 5.97 Å². The monoisotopic (exact) mass is 328 g/mol. The Hall–Kier alpha value is -2.95. The van der Waals surface area contributed by atoms with Gasteiger partial charge in [-0.15, -0.1) is 0 Å². The third-order valence-corrected chi connectivity index (χ3v) is 3.69. The third-order valence-electron chi connectivity index (χ3n) is 3.69. The molecule has 0 spiro atoms. The number of ether oxygens (including phenoxy) is 3. The van der Waals surface area contributed by atoms with Crippen molar-refractivity contribution in [1.29, 1.82) is 0 Å². The summed E-state index contributed by atoms with van der Waals surface area (Å²) in [7, 11) is 4.63. The molecule has 0 fully saturated rings. The summed E-state index contributed by atoms with van der Waals surface area (Å²) < 4.78 is 15.8. The fourth-order valence-electron chi connectivity index (χ4n) is 2.50. The van der Waals surface area contributed by atoms with Gasteiger partial charge in [0.05, 0.1) is 26.9 Å². The average Bonchev–Trinajstić information content (AvgIpc) is 2.59. The molecule has 0 saturated carbocycles. The van der Waals surface area contributed by atoms with Crippen molar-refractivity contribution in [3.8, 4) is 17.2 Å². The number of para-hydroxylation sites is 1. The Labute approximate surface area is 141 Å². The first-order valence-corrected chi connectivity index (χ1v) is 7.32. The van der Waals surface area contributed by atoms with E-state index in [9.17, 15) is 9.90 Å². The first-order valence-electron chi connectivity index (χ1n) is 7.32. The molecule has 0 heterocycles. The smallest absolute Gasteiger partial charge is 0.336 e. The molecule has 5 nitrogen and oxygen atoms in total. The molecular weight excluding hydrogens is 308 g/mol. The number of aliphatic carboxylic acids is 1. The van der Waals surface area contributed by atoms with Gasteiger partial charge in [-0.05, 0) is 42.3 Å². The molecule has 1 N–H and O–H groups in total. The normalized spacial score (nSPS) is 11.1. The molecule has 5 heteroatoms. The van der Waals surface area contributed by atoms with E-state index in [1.54, 1.807) is 49.6 Å². The predicted octanol–water partition coefficient (Wildman–Crippen LogP) is 3.65. The number of carboxylic acids is 1. The lowest BCUT2D eigenvalue weighted by Crippen LogP contribution is -2.02. The Morgan fingerprint density at radius 1 is 1.04 bits per heavy atom.